The summed E-state index contributed by atoms with van der Waals surface area (Å²) in [5.41, 5.74) is 5.88. The van der Waals surface area contributed by atoms with Crippen LogP contribution < -0.4 is 5.73 Å². The predicted molar refractivity (Wildman–Crippen MR) is 119 cm³/mol. The zero-order valence-corrected chi connectivity index (χ0v) is 18.4. The first-order chi connectivity index (χ1) is 16.2. The number of pyridine rings is 2. The van der Waals surface area contributed by atoms with E-state index in [-0.39, 0.29) is 30.0 Å². The number of nitrogens with zero attached hydrogens (tertiary/aromatic N) is 2. The fraction of sp³-hybridized carbons (Fsp3) is 0.320. The molecule has 1 saturated carbocycles. The Bertz CT molecular complexity index is 1230. The fourth-order valence-corrected chi connectivity index (χ4v) is 4.61. The molecule has 1 fully saturated rings. The summed E-state index contributed by atoms with van der Waals surface area (Å²) in [4.78, 5) is 21.0. The van der Waals surface area contributed by atoms with Gasteiger partial charge in [0.2, 0.25) is 0 Å². The summed E-state index contributed by atoms with van der Waals surface area (Å²) in [7, 11) is 0. The zero-order valence-electron chi connectivity index (χ0n) is 18.4. The summed E-state index contributed by atoms with van der Waals surface area (Å²) in [6, 6.07) is 5.07. The molecule has 0 bridgehead atoms. The number of rotatable bonds is 5. The molecule has 1 aromatic carbocycles. The Morgan fingerprint density at radius 1 is 1.12 bits per heavy atom. The summed E-state index contributed by atoms with van der Waals surface area (Å²) in [5, 5.41) is 19.7. The lowest BCUT2D eigenvalue weighted by Gasteiger charge is -2.36. The van der Waals surface area contributed by atoms with Crippen LogP contribution >= 0.6 is 0 Å². The van der Waals surface area contributed by atoms with Gasteiger partial charge in [-0.3, -0.25) is 9.78 Å². The van der Waals surface area contributed by atoms with Crippen molar-refractivity contribution in [2.75, 3.05) is 0 Å². The van der Waals surface area contributed by atoms with Gasteiger partial charge in [-0.2, -0.15) is 0 Å². The van der Waals surface area contributed by atoms with E-state index in [1.807, 2.05) is 13.0 Å². The molecule has 1 aliphatic carbocycles. The van der Waals surface area contributed by atoms with Gasteiger partial charge in [0.25, 0.3) is 0 Å². The van der Waals surface area contributed by atoms with Crippen molar-refractivity contribution < 1.29 is 28.2 Å². The van der Waals surface area contributed by atoms with Crippen molar-refractivity contribution in [3.05, 3.63) is 77.0 Å². The highest BCUT2D eigenvalue weighted by molar-refractivity contribution is 5.96. The first kappa shape index (κ1) is 23.8. The average Bonchev–Trinajstić information content (AvgIpc) is 2.81. The van der Waals surface area contributed by atoms with Crippen LogP contribution in [-0.2, 0) is 6.42 Å². The minimum Gasteiger partial charge on any atom is -0.505 e. The van der Waals surface area contributed by atoms with E-state index >= 15 is 0 Å². The first-order valence-corrected chi connectivity index (χ1v) is 10.9. The third kappa shape index (κ3) is 4.53. The first-order valence-electron chi connectivity index (χ1n) is 10.9. The van der Waals surface area contributed by atoms with Crippen LogP contribution in [-0.4, -0.2) is 38.1 Å². The highest BCUT2D eigenvalue weighted by Gasteiger charge is 2.34. The highest BCUT2D eigenvalue weighted by Crippen LogP contribution is 2.37. The third-order valence-electron chi connectivity index (χ3n) is 6.41. The van der Waals surface area contributed by atoms with Gasteiger partial charge in [-0.15, -0.1) is 0 Å². The number of phenolic OH excluding ortho intramolecular Hbond substituents is 1. The maximum Gasteiger partial charge on any atom is 0.185 e. The molecule has 4 rings (SSSR count). The van der Waals surface area contributed by atoms with Crippen LogP contribution in [0.1, 0.15) is 47.3 Å². The molecule has 0 radical (unpaired) electrons. The topological polar surface area (TPSA) is 109 Å². The van der Waals surface area contributed by atoms with E-state index in [4.69, 9.17) is 5.73 Å². The molecule has 2 aromatic heterocycles. The number of carbonyl (C=O) groups is 1. The molecule has 0 saturated heterocycles. The maximum atomic E-state index is 14.4. The lowest BCUT2D eigenvalue weighted by Crippen LogP contribution is -2.44. The van der Waals surface area contributed by atoms with E-state index in [2.05, 4.69) is 9.97 Å². The van der Waals surface area contributed by atoms with Crippen LogP contribution in [0.5, 0.6) is 5.75 Å². The number of carbonyl (C=O) groups excluding carboxylic acids is 1. The molecule has 34 heavy (non-hydrogen) atoms. The van der Waals surface area contributed by atoms with Crippen molar-refractivity contribution in [2.24, 2.45) is 11.7 Å². The number of ketones is 1. The molecule has 4 N–H and O–H groups in total. The van der Waals surface area contributed by atoms with Crippen molar-refractivity contribution in [1.82, 2.24) is 9.97 Å². The third-order valence-corrected chi connectivity index (χ3v) is 6.41. The van der Waals surface area contributed by atoms with E-state index in [0.29, 0.717) is 18.4 Å². The van der Waals surface area contributed by atoms with Crippen LogP contribution in [0.15, 0.2) is 42.7 Å². The van der Waals surface area contributed by atoms with E-state index in [1.54, 1.807) is 12.4 Å². The standard InChI is InChI=1S/C25H24F3N3O3/c1-12-8-13(9-18(29)25(12)34)15-6-7-30-11-14(15)10-21(33)19-4-2-17(27)24(31-19)22-16(26)3-5-20(32)23(22)28/h2-7,11-13,18,25,32,34H,8-10,29H2,1H3/t12?,13-,18-,25-/m1/s1. The molecule has 0 aliphatic heterocycles. The van der Waals surface area contributed by atoms with Crippen LogP contribution in [0, 0.1) is 23.4 Å². The van der Waals surface area contributed by atoms with Gasteiger partial charge in [0.1, 0.15) is 23.0 Å². The molecule has 0 amide bonds. The highest BCUT2D eigenvalue weighted by atomic mass is 19.1. The Labute approximate surface area is 194 Å². The Balaban J connectivity index is 1.65. The molecule has 1 aliphatic rings. The van der Waals surface area contributed by atoms with Crippen LogP contribution in [0.4, 0.5) is 13.2 Å². The lowest BCUT2D eigenvalue weighted by atomic mass is 9.74. The van der Waals surface area contributed by atoms with Crippen molar-refractivity contribution in [1.29, 1.82) is 0 Å². The van der Waals surface area contributed by atoms with Gasteiger partial charge < -0.3 is 15.9 Å². The molecule has 9 heteroatoms. The minimum absolute atomic E-state index is 0.0149. The molecule has 178 valence electrons. The molecule has 3 aromatic rings. The molecular formula is C25H24F3N3O3. The lowest BCUT2D eigenvalue weighted by molar-refractivity contribution is 0.0519. The van der Waals surface area contributed by atoms with Crippen molar-refractivity contribution in [3.63, 3.8) is 0 Å². The largest absolute Gasteiger partial charge is 0.505 e. The second-order valence-electron chi connectivity index (χ2n) is 8.76. The van der Waals surface area contributed by atoms with Gasteiger partial charge in [0.15, 0.2) is 17.3 Å². The number of halogens is 3. The molecule has 2 heterocycles. The summed E-state index contributed by atoms with van der Waals surface area (Å²) in [6.45, 7) is 1.92. The van der Waals surface area contributed by atoms with Crippen LogP contribution in [0.25, 0.3) is 11.3 Å². The molecular weight excluding hydrogens is 447 g/mol. The predicted octanol–water partition coefficient (Wildman–Crippen LogP) is 3.89. The number of aliphatic hydroxyl groups is 1. The van der Waals surface area contributed by atoms with E-state index in [9.17, 15) is 28.2 Å². The quantitative estimate of drug-likeness (QED) is 0.487. The minimum atomic E-state index is -1.37. The SMILES string of the molecule is CC1C[C@@H](c2ccncc2CC(=O)c2ccc(F)c(-c3c(F)ccc(O)c3F)n2)C[C@@H](N)[C@@H]1O. The number of Topliss-reactive ketones (excluding diaryl/α,β-unsaturated/α-hetero) is 1. The smallest absolute Gasteiger partial charge is 0.185 e. The summed E-state index contributed by atoms with van der Waals surface area (Å²) >= 11 is 0. The number of phenols is 1. The van der Waals surface area contributed by atoms with Crippen molar-refractivity contribution in [2.45, 2.75) is 44.2 Å². The Hall–Kier alpha value is -3.30. The second kappa shape index (κ2) is 9.52. The number of aliphatic hydroxyl groups excluding tert-OH is 1. The summed E-state index contributed by atoms with van der Waals surface area (Å²) in [6.07, 6.45) is 3.71. The summed E-state index contributed by atoms with van der Waals surface area (Å²) in [5.74, 6) is -4.87. The van der Waals surface area contributed by atoms with Gasteiger partial charge in [0, 0.05) is 24.9 Å². The van der Waals surface area contributed by atoms with Gasteiger partial charge in [-0.05, 0) is 66.1 Å². The number of benzene rings is 1. The van der Waals surface area contributed by atoms with E-state index in [1.165, 1.54) is 0 Å². The number of hydrogen-bond donors (Lipinski definition) is 3. The van der Waals surface area contributed by atoms with Gasteiger partial charge in [-0.25, -0.2) is 18.2 Å². The molecule has 1 unspecified atom stereocenters. The maximum absolute atomic E-state index is 14.4. The van der Waals surface area contributed by atoms with Crippen molar-refractivity contribution >= 4 is 5.78 Å². The van der Waals surface area contributed by atoms with Gasteiger partial charge in [-0.1, -0.05) is 6.92 Å². The Morgan fingerprint density at radius 3 is 2.59 bits per heavy atom. The molecule has 6 nitrogen and oxygen atoms in total. The fourth-order valence-electron chi connectivity index (χ4n) is 4.61. The Morgan fingerprint density at radius 2 is 1.85 bits per heavy atom. The van der Waals surface area contributed by atoms with Crippen molar-refractivity contribution in [3.8, 4) is 17.0 Å². The number of hydrogen-bond acceptors (Lipinski definition) is 6. The Kier molecular flexibility index (Phi) is 6.67. The van der Waals surface area contributed by atoms with E-state index < -0.39 is 46.3 Å². The number of aromatic nitrogens is 2. The van der Waals surface area contributed by atoms with Crippen LogP contribution in [0.3, 0.4) is 0 Å². The van der Waals surface area contributed by atoms with Gasteiger partial charge >= 0.3 is 0 Å². The van der Waals surface area contributed by atoms with Gasteiger partial charge in [0.05, 0.1) is 11.7 Å². The van der Waals surface area contributed by atoms with Crippen LogP contribution in [0.2, 0.25) is 0 Å². The second-order valence-corrected chi connectivity index (χ2v) is 8.76. The van der Waals surface area contributed by atoms with E-state index in [0.717, 1.165) is 29.8 Å². The number of nitrogens with two attached hydrogens (primary N) is 1. The average molecular weight is 471 g/mol. The summed E-state index contributed by atoms with van der Waals surface area (Å²) < 4.78 is 43.0. The molecule has 4 atom stereocenters. The molecule has 0 spiro atoms. The zero-order chi connectivity index (χ0) is 24.6. The number of aromatic hydroxyl groups is 1. The normalized spacial score (nSPS) is 22.5. The monoisotopic (exact) mass is 471 g/mol.